The topological polar surface area (TPSA) is 50.7 Å². The van der Waals surface area contributed by atoms with Gasteiger partial charge >= 0.3 is 0 Å². The number of ether oxygens (including phenoxy) is 2. The Kier molecular flexibility index (Phi) is 7.34. The number of aryl methyl sites for hydroxylation is 1. The van der Waals surface area contributed by atoms with Crippen LogP contribution in [0.5, 0.6) is 5.75 Å². The molecule has 1 aliphatic rings. The molecule has 0 aliphatic heterocycles. The quantitative estimate of drug-likeness (QED) is 0.723. The van der Waals surface area contributed by atoms with E-state index in [0.717, 1.165) is 50.1 Å². The van der Waals surface area contributed by atoms with E-state index in [2.05, 4.69) is 5.32 Å². The first-order valence-corrected chi connectivity index (χ1v) is 8.83. The van der Waals surface area contributed by atoms with E-state index in [-0.39, 0.29) is 18.2 Å². The van der Waals surface area contributed by atoms with Gasteiger partial charge in [-0.25, -0.2) is 0 Å². The zero-order valence-corrected chi connectivity index (χ0v) is 14.6. The molecule has 2 N–H and O–H groups in total. The third kappa shape index (κ3) is 5.79. The second kappa shape index (κ2) is 9.26. The first-order chi connectivity index (χ1) is 11.1. The van der Waals surface area contributed by atoms with E-state index in [0.29, 0.717) is 0 Å². The minimum absolute atomic E-state index is 0.108. The highest BCUT2D eigenvalue weighted by atomic mass is 16.5. The molecule has 1 aromatic carbocycles. The third-order valence-corrected chi connectivity index (χ3v) is 4.35. The molecule has 0 bridgehead atoms. The molecule has 3 atom stereocenters. The zero-order chi connectivity index (χ0) is 16.7. The summed E-state index contributed by atoms with van der Waals surface area (Å²) in [5.41, 5.74) is 1.11. The lowest BCUT2D eigenvalue weighted by molar-refractivity contribution is -0.0162. The predicted molar refractivity (Wildman–Crippen MR) is 92.9 cm³/mol. The largest absolute Gasteiger partial charge is 0.487 e. The molecule has 23 heavy (non-hydrogen) atoms. The monoisotopic (exact) mass is 321 g/mol. The van der Waals surface area contributed by atoms with Gasteiger partial charge in [0.1, 0.15) is 18.0 Å². The maximum atomic E-state index is 10.6. The normalized spacial score (nSPS) is 24.8. The van der Waals surface area contributed by atoms with Gasteiger partial charge in [0.25, 0.3) is 0 Å². The van der Waals surface area contributed by atoms with Gasteiger partial charge < -0.3 is 19.9 Å². The van der Waals surface area contributed by atoms with Gasteiger partial charge in [-0.1, -0.05) is 18.2 Å². The van der Waals surface area contributed by atoms with Crippen LogP contribution in [0, 0.1) is 6.92 Å². The van der Waals surface area contributed by atoms with Gasteiger partial charge in [-0.3, -0.25) is 0 Å². The standard InChI is InChI=1S/C19H31NO3/c1-14(2)22-13-7-12-20-16-9-6-11-18(19(16)21)23-17-10-5-4-8-15(17)3/h4-5,8,10,14,16,18-21H,6-7,9,11-13H2,1-3H3/t16-,18+,19+/m0/s1. The van der Waals surface area contributed by atoms with Gasteiger partial charge in [-0.05, 0) is 64.6 Å². The molecular formula is C19H31NO3. The molecule has 0 saturated heterocycles. The molecule has 4 nitrogen and oxygen atoms in total. The fraction of sp³-hybridized carbons (Fsp3) is 0.684. The van der Waals surface area contributed by atoms with Crippen LogP contribution in [-0.2, 0) is 4.74 Å². The van der Waals surface area contributed by atoms with Gasteiger partial charge in [-0.2, -0.15) is 0 Å². The van der Waals surface area contributed by atoms with Crippen LogP contribution in [-0.4, -0.2) is 42.6 Å². The van der Waals surface area contributed by atoms with Crippen LogP contribution in [0.25, 0.3) is 0 Å². The summed E-state index contributed by atoms with van der Waals surface area (Å²) in [4.78, 5) is 0. The van der Waals surface area contributed by atoms with E-state index in [1.54, 1.807) is 0 Å². The molecular weight excluding hydrogens is 290 g/mol. The summed E-state index contributed by atoms with van der Waals surface area (Å²) in [5.74, 6) is 0.877. The Morgan fingerprint density at radius 1 is 1.26 bits per heavy atom. The Morgan fingerprint density at radius 2 is 2.04 bits per heavy atom. The van der Waals surface area contributed by atoms with E-state index in [1.165, 1.54) is 0 Å². The fourth-order valence-corrected chi connectivity index (χ4v) is 3.02. The number of hydrogen-bond acceptors (Lipinski definition) is 4. The SMILES string of the molecule is Cc1ccccc1O[C@@H]1CCC[C@H](NCCCOC(C)C)[C@H]1O. The maximum absolute atomic E-state index is 10.6. The van der Waals surface area contributed by atoms with Crippen LogP contribution < -0.4 is 10.1 Å². The van der Waals surface area contributed by atoms with Crippen molar-refractivity contribution in [3.8, 4) is 5.75 Å². The van der Waals surface area contributed by atoms with Crippen LogP contribution in [0.15, 0.2) is 24.3 Å². The molecule has 2 rings (SSSR count). The summed E-state index contributed by atoms with van der Waals surface area (Å²) in [6.07, 6.45) is 3.63. The number of aliphatic hydroxyl groups is 1. The summed E-state index contributed by atoms with van der Waals surface area (Å²) in [7, 11) is 0. The molecule has 1 fully saturated rings. The van der Waals surface area contributed by atoms with E-state index >= 15 is 0 Å². The van der Waals surface area contributed by atoms with Gasteiger partial charge in [-0.15, -0.1) is 0 Å². The first-order valence-electron chi connectivity index (χ1n) is 8.83. The van der Waals surface area contributed by atoms with Crippen LogP contribution in [0.4, 0.5) is 0 Å². The molecule has 0 heterocycles. The van der Waals surface area contributed by atoms with Gasteiger partial charge in [0, 0.05) is 12.6 Å². The van der Waals surface area contributed by atoms with Gasteiger partial charge in [0.05, 0.1) is 6.10 Å². The second-order valence-electron chi connectivity index (χ2n) is 6.68. The zero-order valence-electron chi connectivity index (χ0n) is 14.6. The number of nitrogens with one attached hydrogen (secondary N) is 1. The lowest BCUT2D eigenvalue weighted by Gasteiger charge is -2.35. The molecule has 0 unspecified atom stereocenters. The van der Waals surface area contributed by atoms with Crippen molar-refractivity contribution in [2.75, 3.05) is 13.2 Å². The van der Waals surface area contributed by atoms with Crippen LogP contribution in [0.3, 0.4) is 0 Å². The minimum Gasteiger partial charge on any atom is -0.487 e. The van der Waals surface area contributed by atoms with Crippen LogP contribution in [0.2, 0.25) is 0 Å². The Hall–Kier alpha value is -1.10. The van der Waals surface area contributed by atoms with E-state index in [9.17, 15) is 5.11 Å². The molecule has 0 radical (unpaired) electrons. The Labute approximate surface area is 140 Å². The van der Waals surface area contributed by atoms with E-state index in [4.69, 9.17) is 9.47 Å². The summed E-state index contributed by atoms with van der Waals surface area (Å²) < 4.78 is 11.6. The van der Waals surface area contributed by atoms with E-state index in [1.807, 2.05) is 45.0 Å². The molecule has 0 amide bonds. The smallest absolute Gasteiger partial charge is 0.126 e. The highest BCUT2D eigenvalue weighted by molar-refractivity contribution is 5.32. The Morgan fingerprint density at radius 3 is 2.78 bits per heavy atom. The lowest BCUT2D eigenvalue weighted by Crippen LogP contribution is -2.51. The van der Waals surface area contributed by atoms with Crippen molar-refractivity contribution in [2.45, 2.75) is 70.8 Å². The molecule has 1 saturated carbocycles. The van der Waals surface area contributed by atoms with Crippen molar-refractivity contribution in [2.24, 2.45) is 0 Å². The Bertz CT molecular complexity index is 464. The maximum Gasteiger partial charge on any atom is 0.126 e. The summed E-state index contributed by atoms with van der Waals surface area (Å²) in [6, 6.07) is 8.10. The highest BCUT2D eigenvalue weighted by Crippen LogP contribution is 2.26. The van der Waals surface area contributed by atoms with Gasteiger partial charge in [0.15, 0.2) is 0 Å². The van der Waals surface area contributed by atoms with E-state index < -0.39 is 6.10 Å². The van der Waals surface area contributed by atoms with Crippen molar-refractivity contribution < 1.29 is 14.6 Å². The second-order valence-corrected chi connectivity index (χ2v) is 6.68. The minimum atomic E-state index is -0.464. The molecule has 1 aromatic rings. The molecule has 4 heteroatoms. The lowest BCUT2D eigenvalue weighted by atomic mass is 9.89. The highest BCUT2D eigenvalue weighted by Gasteiger charge is 2.33. The van der Waals surface area contributed by atoms with Crippen molar-refractivity contribution in [3.63, 3.8) is 0 Å². The molecule has 0 aromatic heterocycles. The average molecular weight is 321 g/mol. The predicted octanol–water partition coefficient (Wildman–Crippen LogP) is 3.06. The summed E-state index contributed by atoms with van der Waals surface area (Å²) in [6.45, 7) is 7.76. The average Bonchev–Trinajstić information content (AvgIpc) is 2.52. The van der Waals surface area contributed by atoms with Crippen molar-refractivity contribution >= 4 is 0 Å². The number of para-hydroxylation sites is 1. The first kappa shape index (κ1) is 18.2. The van der Waals surface area contributed by atoms with Gasteiger partial charge in [0.2, 0.25) is 0 Å². The molecule has 1 aliphatic carbocycles. The van der Waals surface area contributed by atoms with Crippen LogP contribution >= 0.6 is 0 Å². The number of aliphatic hydroxyl groups excluding tert-OH is 1. The number of hydrogen-bond donors (Lipinski definition) is 2. The third-order valence-electron chi connectivity index (χ3n) is 4.35. The number of benzene rings is 1. The van der Waals surface area contributed by atoms with Crippen molar-refractivity contribution in [3.05, 3.63) is 29.8 Å². The van der Waals surface area contributed by atoms with Crippen molar-refractivity contribution in [1.82, 2.24) is 5.32 Å². The fourth-order valence-electron chi connectivity index (χ4n) is 3.02. The van der Waals surface area contributed by atoms with Crippen LogP contribution in [0.1, 0.15) is 45.1 Å². The molecule has 130 valence electrons. The number of rotatable bonds is 8. The summed E-state index contributed by atoms with van der Waals surface area (Å²) in [5, 5.41) is 14.1. The summed E-state index contributed by atoms with van der Waals surface area (Å²) >= 11 is 0. The van der Waals surface area contributed by atoms with Crippen molar-refractivity contribution in [1.29, 1.82) is 0 Å². The molecule has 0 spiro atoms. The Balaban J connectivity index is 1.79.